The molecular weight excluding hydrogens is 366 g/mol. The Morgan fingerprint density at radius 3 is 2.38 bits per heavy atom. The van der Waals surface area contributed by atoms with E-state index in [0.717, 1.165) is 17.8 Å². The lowest BCUT2D eigenvalue weighted by Gasteiger charge is -2.59. The molecule has 1 aliphatic heterocycles. The minimum atomic E-state index is -0.863. The molecule has 154 valence electrons. The Morgan fingerprint density at radius 1 is 1.10 bits per heavy atom. The van der Waals surface area contributed by atoms with Crippen LogP contribution in [0.4, 0.5) is 5.69 Å². The third kappa shape index (κ3) is 3.32. The van der Waals surface area contributed by atoms with E-state index in [1.165, 1.54) is 38.5 Å². The molecule has 6 nitrogen and oxygen atoms in total. The van der Waals surface area contributed by atoms with E-state index in [4.69, 9.17) is 0 Å². The second kappa shape index (κ2) is 6.85. The summed E-state index contributed by atoms with van der Waals surface area (Å²) in [7, 11) is 0. The van der Waals surface area contributed by atoms with E-state index >= 15 is 0 Å². The molecule has 6 heteroatoms. The van der Waals surface area contributed by atoms with E-state index in [-0.39, 0.29) is 35.6 Å². The van der Waals surface area contributed by atoms with Crippen LogP contribution in [0.1, 0.15) is 62.2 Å². The fraction of sp³-hybridized carbons (Fsp3) is 0.609. The van der Waals surface area contributed by atoms with Gasteiger partial charge >= 0.3 is 0 Å². The molecule has 6 rings (SSSR count). The predicted octanol–water partition coefficient (Wildman–Crippen LogP) is 2.85. The Bertz CT molecular complexity index is 829. The summed E-state index contributed by atoms with van der Waals surface area (Å²) in [6, 6.07) is 6.13. The smallest absolute Gasteiger partial charge is 0.254 e. The molecule has 0 saturated heterocycles. The third-order valence-corrected chi connectivity index (χ3v) is 7.82. The number of amides is 3. The lowest BCUT2D eigenvalue weighted by atomic mass is 9.48. The van der Waals surface area contributed by atoms with Crippen molar-refractivity contribution in [3.63, 3.8) is 0 Å². The van der Waals surface area contributed by atoms with E-state index in [0.29, 0.717) is 11.3 Å². The first-order valence-corrected chi connectivity index (χ1v) is 10.9. The second-order valence-corrected chi connectivity index (χ2v) is 9.83. The fourth-order valence-corrected chi connectivity index (χ4v) is 6.80. The lowest BCUT2D eigenvalue weighted by molar-refractivity contribution is -0.129. The first-order valence-electron chi connectivity index (χ1n) is 10.9. The highest BCUT2D eigenvalue weighted by molar-refractivity contribution is 6.10. The van der Waals surface area contributed by atoms with Crippen molar-refractivity contribution in [1.82, 2.24) is 10.6 Å². The Balaban J connectivity index is 1.24. The van der Waals surface area contributed by atoms with Gasteiger partial charge in [0.25, 0.3) is 5.91 Å². The molecule has 1 aromatic rings. The van der Waals surface area contributed by atoms with Gasteiger partial charge in [0, 0.05) is 6.04 Å². The minimum absolute atomic E-state index is 0.0394. The Hall–Kier alpha value is -2.37. The predicted molar refractivity (Wildman–Crippen MR) is 109 cm³/mol. The van der Waals surface area contributed by atoms with Crippen LogP contribution in [0.15, 0.2) is 24.3 Å². The van der Waals surface area contributed by atoms with Gasteiger partial charge in [0.2, 0.25) is 11.8 Å². The number of hydrogen-bond donors (Lipinski definition) is 3. The van der Waals surface area contributed by atoms with Gasteiger partial charge in [-0.05, 0) is 80.8 Å². The highest BCUT2D eigenvalue weighted by Crippen LogP contribution is 2.61. The third-order valence-electron chi connectivity index (χ3n) is 7.82. The number of fused-ring (bicyclic) bond motifs is 1. The molecule has 3 N–H and O–H groups in total. The summed E-state index contributed by atoms with van der Waals surface area (Å²) in [5.41, 5.74) is 1.13. The molecule has 0 radical (unpaired) electrons. The van der Waals surface area contributed by atoms with Gasteiger partial charge in [0.15, 0.2) is 0 Å². The zero-order chi connectivity index (χ0) is 20.2. The molecule has 1 heterocycles. The number of nitrogens with one attached hydrogen (secondary N) is 3. The van der Waals surface area contributed by atoms with Crippen molar-refractivity contribution in [2.75, 3.05) is 5.32 Å². The van der Waals surface area contributed by atoms with Crippen molar-refractivity contribution in [2.45, 2.75) is 64.0 Å². The minimum Gasteiger partial charge on any atom is -0.353 e. The summed E-state index contributed by atoms with van der Waals surface area (Å²) in [6.45, 7) is 2.13. The van der Waals surface area contributed by atoms with Crippen molar-refractivity contribution in [1.29, 1.82) is 0 Å². The maximum absolute atomic E-state index is 12.8. The van der Waals surface area contributed by atoms with Crippen LogP contribution < -0.4 is 16.0 Å². The van der Waals surface area contributed by atoms with E-state index < -0.39 is 6.04 Å². The monoisotopic (exact) mass is 395 g/mol. The molecule has 4 aliphatic carbocycles. The zero-order valence-electron chi connectivity index (χ0n) is 16.9. The van der Waals surface area contributed by atoms with Gasteiger partial charge in [-0.25, -0.2) is 0 Å². The number of hydrogen-bond acceptors (Lipinski definition) is 3. The Labute approximate surface area is 171 Å². The van der Waals surface area contributed by atoms with Crippen LogP contribution in [0.2, 0.25) is 0 Å². The summed E-state index contributed by atoms with van der Waals surface area (Å²) in [5.74, 6) is 1.63. The van der Waals surface area contributed by atoms with E-state index in [1.807, 2.05) is 0 Å². The first-order chi connectivity index (χ1) is 13.9. The highest BCUT2D eigenvalue weighted by atomic mass is 16.2. The molecule has 3 amide bonds. The molecular formula is C23H29N3O3. The number of carbonyl (C=O) groups is 3. The van der Waals surface area contributed by atoms with Crippen LogP contribution in [0, 0.1) is 23.2 Å². The fourth-order valence-electron chi connectivity index (χ4n) is 6.80. The SMILES string of the molecule is C[C@@H](NC(=O)C[C@@H]1NC(=O)c2ccccc2NC1=O)C12CC3CC(CC(C3)C1)C2. The number of benzene rings is 1. The average molecular weight is 396 g/mol. The Kier molecular flexibility index (Phi) is 4.41. The van der Waals surface area contributed by atoms with E-state index in [9.17, 15) is 14.4 Å². The first kappa shape index (κ1) is 18.6. The molecule has 4 bridgehead atoms. The topological polar surface area (TPSA) is 87.3 Å². The van der Waals surface area contributed by atoms with Crippen molar-refractivity contribution >= 4 is 23.4 Å². The van der Waals surface area contributed by atoms with E-state index in [1.54, 1.807) is 24.3 Å². The molecule has 29 heavy (non-hydrogen) atoms. The zero-order valence-corrected chi connectivity index (χ0v) is 16.9. The van der Waals surface area contributed by atoms with Crippen molar-refractivity contribution in [2.24, 2.45) is 23.2 Å². The maximum atomic E-state index is 12.8. The van der Waals surface area contributed by atoms with Crippen molar-refractivity contribution in [3.05, 3.63) is 29.8 Å². The standard InChI is InChI=1S/C23H29N3O3/c1-13(23-10-14-6-15(11-23)8-16(7-14)12-23)24-20(27)9-19-22(29)25-18-5-3-2-4-17(18)21(28)26-19/h2-5,13-16,19H,6-12H2,1H3,(H,24,27)(H,25,29)(H,26,28)/t13-,14?,15?,16?,19+,23?/m1/s1. The summed E-state index contributed by atoms with van der Waals surface area (Å²) < 4.78 is 0. The van der Waals surface area contributed by atoms with Crippen LogP contribution in [-0.4, -0.2) is 29.8 Å². The molecule has 4 fully saturated rings. The molecule has 0 unspecified atom stereocenters. The van der Waals surface area contributed by atoms with Gasteiger partial charge in [0.05, 0.1) is 17.7 Å². The van der Waals surface area contributed by atoms with E-state index in [2.05, 4.69) is 22.9 Å². The molecule has 5 aliphatic rings. The van der Waals surface area contributed by atoms with Crippen molar-refractivity contribution < 1.29 is 14.4 Å². The lowest BCUT2D eigenvalue weighted by Crippen LogP contribution is -2.56. The number of anilines is 1. The summed E-state index contributed by atoms with van der Waals surface area (Å²) in [6.07, 6.45) is 7.73. The van der Waals surface area contributed by atoms with Crippen LogP contribution >= 0.6 is 0 Å². The van der Waals surface area contributed by atoms with Gasteiger partial charge in [-0.1, -0.05) is 12.1 Å². The number of rotatable bonds is 4. The summed E-state index contributed by atoms with van der Waals surface area (Å²) >= 11 is 0. The second-order valence-electron chi connectivity index (χ2n) is 9.83. The van der Waals surface area contributed by atoms with Gasteiger partial charge in [-0.2, -0.15) is 0 Å². The summed E-state index contributed by atoms with van der Waals surface area (Å²) in [4.78, 5) is 37.8. The van der Waals surface area contributed by atoms with Gasteiger partial charge < -0.3 is 16.0 Å². The summed E-state index contributed by atoms with van der Waals surface area (Å²) in [5, 5.41) is 8.67. The maximum Gasteiger partial charge on any atom is 0.254 e. The van der Waals surface area contributed by atoms with Gasteiger partial charge in [-0.15, -0.1) is 0 Å². The number of carbonyl (C=O) groups excluding carboxylic acids is 3. The van der Waals surface area contributed by atoms with Gasteiger partial charge in [-0.3, -0.25) is 14.4 Å². The van der Waals surface area contributed by atoms with Crippen molar-refractivity contribution in [3.8, 4) is 0 Å². The largest absolute Gasteiger partial charge is 0.353 e. The highest BCUT2D eigenvalue weighted by Gasteiger charge is 2.53. The van der Waals surface area contributed by atoms with Crippen LogP contribution in [0.5, 0.6) is 0 Å². The molecule has 2 atom stereocenters. The normalized spacial score (nSPS) is 35.9. The quantitative estimate of drug-likeness (QED) is 0.733. The molecule has 1 aromatic carbocycles. The molecule has 0 aromatic heterocycles. The van der Waals surface area contributed by atoms with Gasteiger partial charge in [0.1, 0.15) is 6.04 Å². The number of para-hydroxylation sites is 1. The van der Waals surface area contributed by atoms with Crippen LogP contribution in [-0.2, 0) is 9.59 Å². The molecule has 4 saturated carbocycles. The van der Waals surface area contributed by atoms with Crippen LogP contribution in [0.25, 0.3) is 0 Å². The van der Waals surface area contributed by atoms with Crippen LogP contribution in [0.3, 0.4) is 0 Å². The Morgan fingerprint density at radius 2 is 1.72 bits per heavy atom. The molecule has 0 spiro atoms. The average Bonchev–Trinajstić information content (AvgIpc) is 2.77.